The fourth-order valence-electron chi connectivity index (χ4n) is 4.72. The molecule has 0 spiro atoms. The molecule has 1 amide bonds. The highest BCUT2D eigenvalue weighted by atomic mass is 16.1. The SMILES string of the molecule is CCNC1(C(N)=O)CCN([C@@H]2CCCC[C@@H]2c2ccccc2)CC1. The molecule has 3 N–H and O–H groups in total. The lowest BCUT2D eigenvalue weighted by Crippen LogP contribution is -2.62. The number of benzene rings is 1. The summed E-state index contributed by atoms with van der Waals surface area (Å²) in [5.74, 6) is 0.437. The summed E-state index contributed by atoms with van der Waals surface area (Å²) in [6.45, 7) is 4.76. The number of amides is 1. The van der Waals surface area contributed by atoms with Crippen molar-refractivity contribution in [1.29, 1.82) is 0 Å². The van der Waals surface area contributed by atoms with E-state index in [9.17, 15) is 4.79 Å². The van der Waals surface area contributed by atoms with Crippen LogP contribution in [0.25, 0.3) is 0 Å². The van der Waals surface area contributed by atoms with Gasteiger partial charge in [-0.2, -0.15) is 0 Å². The van der Waals surface area contributed by atoms with Crippen LogP contribution in [0.3, 0.4) is 0 Å². The van der Waals surface area contributed by atoms with E-state index < -0.39 is 5.54 Å². The Morgan fingerprint density at radius 3 is 2.50 bits per heavy atom. The third-order valence-corrected chi connectivity index (χ3v) is 6.06. The Morgan fingerprint density at radius 1 is 1.21 bits per heavy atom. The van der Waals surface area contributed by atoms with Crippen molar-refractivity contribution in [3.8, 4) is 0 Å². The van der Waals surface area contributed by atoms with E-state index in [1.165, 1.54) is 31.2 Å². The minimum Gasteiger partial charge on any atom is -0.368 e. The van der Waals surface area contributed by atoms with Crippen molar-refractivity contribution in [2.24, 2.45) is 5.73 Å². The summed E-state index contributed by atoms with van der Waals surface area (Å²) in [6.07, 6.45) is 6.84. The number of hydrogen-bond acceptors (Lipinski definition) is 3. The first-order chi connectivity index (χ1) is 11.7. The highest BCUT2D eigenvalue weighted by Gasteiger charge is 2.42. The number of rotatable bonds is 5. The first-order valence-corrected chi connectivity index (χ1v) is 9.50. The van der Waals surface area contributed by atoms with Crippen LogP contribution < -0.4 is 11.1 Å². The van der Waals surface area contributed by atoms with Crippen molar-refractivity contribution < 1.29 is 4.79 Å². The van der Waals surface area contributed by atoms with E-state index in [2.05, 4.69) is 40.5 Å². The van der Waals surface area contributed by atoms with Crippen LogP contribution in [-0.4, -0.2) is 42.0 Å². The van der Waals surface area contributed by atoms with Gasteiger partial charge < -0.3 is 11.1 Å². The lowest BCUT2D eigenvalue weighted by Gasteiger charge is -2.46. The van der Waals surface area contributed by atoms with Crippen LogP contribution in [0.2, 0.25) is 0 Å². The second kappa shape index (κ2) is 7.66. The number of carbonyl (C=O) groups excluding carboxylic acids is 1. The third-order valence-electron chi connectivity index (χ3n) is 6.06. The van der Waals surface area contributed by atoms with Crippen molar-refractivity contribution in [2.45, 2.75) is 62.9 Å². The maximum Gasteiger partial charge on any atom is 0.237 e. The molecular formula is C20H31N3O. The molecule has 3 rings (SSSR count). The molecule has 1 saturated carbocycles. The second-order valence-electron chi connectivity index (χ2n) is 7.38. The van der Waals surface area contributed by atoms with Crippen molar-refractivity contribution in [3.63, 3.8) is 0 Å². The van der Waals surface area contributed by atoms with E-state index in [1.807, 2.05) is 6.92 Å². The first kappa shape index (κ1) is 17.4. The third kappa shape index (κ3) is 3.50. The molecule has 1 aromatic rings. The van der Waals surface area contributed by atoms with Crippen LogP contribution in [0.15, 0.2) is 30.3 Å². The molecule has 0 unspecified atom stereocenters. The lowest BCUT2D eigenvalue weighted by atomic mass is 9.77. The molecule has 2 atom stereocenters. The van der Waals surface area contributed by atoms with Crippen LogP contribution in [0, 0.1) is 0 Å². The predicted molar refractivity (Wildman–Crippen MR) is 97.8 cm³/mol. The van der Waals surface area contributed by atoms with Gasteiger partial charge in [0, 0.05) is 19.1 Å². The molecule has 1 saturated heterocycles. The zero-order valence-corrected chi connectivity index (χ0v) is 14.8. The van der Waals surface area contributed by atoms with Gasteiger partial charge in [0.2, 0.25) is 5.91 Å². The average molecular weight is 329 g/mol. The minimum absolute atomic E-state index is 0.188. The molecule has 4 nitrogen and oxygen atoms in total. The number of carbonyl (C=O) groups is 1. The number of nitrogens with one attached hydrogen (secondary N) is 1. The monoisotopic (exact) mass is 329 g/mol. The Morgan fingerprint density at radius 2 is 1.88 bits per heavy atom. The van der Waals surface area contributed by atoms with E-state index in [0.29, 0.717) is 12.0 Å². The topological polar surface area (TPSA) is 58.4 Å². The zero-order valence-electron chi connectivity index (χ0n) is 14.8. The molecule has 2 aliphatic rings. The fourth-order valence-corrected chi connectivity index (χ4v) is 4.72. The van der Waals surface area contributed by atoms with Gasteiger partial charge in [0.1, 0.15) is 5.54 Å². The van der Waals surface area contributed by atoms with Crippen molar-refractivity contribution >= 4 is 5.91 Å². The van der Waals surface area contributed by atoms with Gasteiger partial charge >= 0.3 is 0 Å². The van der Waals surface area contributed by atoms with Gasteiger partial charge in [-0.15, -0.1) is 0 Å². The second-order valence-corrected chi connectivity index (χ2v) is 7.38. The summed E-state index contributed by atoms with van der Waals surface area (Å²) in [4.78, 5) is 14.6. The summed E-state index contributed by atoms with van der Waals surface area (Å²) in [6, 6.07) is 11.6. The molecule has 1 aliphatic heterocycles. The molecule has 2 fully saturated rings. The van der Waals surface area contributed by atoms with Gasteiger partial charge in [0.05, 0.1) is 0 Å². The molecule has 1 aromatic carbocycles. The Balaban J connectivity index is 1.71. The van der Waals surface area contributed by atoms with Crippen molar-refractivity contribution in [3.05, 3.63) is 35.9 Å². The standard InChI is InChI=1S/C20H31N3O/c1-2-22-20(19(21)24)12-14-23(15-13-20)18-11-7-6-10-17(18)16-8-4-3-5-9-16/h3-5,8-9,17-18,22H,2,6-7,10-15H2,1H3,(H2,21,24)/t17-,18-/m1/s1. The van der Waals surface area contributed by atoms with E-state index in [1.54, 1.807) is 0 Å². The molecule has 0 aromatic heterocycles. The molecule has 1 heterocycles. The summed E-state index contributed by atoms with van der Waals surface area (Å²) >= 11 is 0. The minimum atomic E-state index is -0.498. The van der Waals surface area contributed by atoms with Gasteiger partial charge in [-0.05, 0) is 43.7 Å². The number of likely N-dealkylation sites (tertiary alicyclic amines) is 1. The van der Waals surface area contributed by atoms with Crippen LogP contribution in [0.4, 0.5) is 0 Å². The van der Waals surface area contributed by atoms with Crippen molar-refractivity contribution in [1.82, 2.24) is 10.2 Å². The summed E-state index contributed by atoms with van der Waals surface area (Å²) < 4.78 is 0. The molecule has 0 radical (unpaired) electrons. The average Bonchev–Trinajstić information content (AvgIpc) is 2.63. The molecular weight excluding hydrogens is 298 g/mol. The number of primary amides is 1. The van der Waals surface area contributed by atoms with E-state index in [4.69, 9.17) is 5.73 Å². The summed E-state index contributed by atoms with van der Waals surface area (Å²) in [7, 11) is 0. The van der Waals surface area contributed by atoms with Gasteiger partial charge in [-0.1, -0.05) is 50.1 Å². The largest absolute Gasteiger partial charge is 0.368 e. The molecule has 4 heteroatoms. The quantitative estimate of drug-likeness (QED) is 0.873. The van der Waals surface area contributed by atoms with Crippen molar-refractivity contribution in [2.75, 3.05) is 19.6 Å². The summed E-state index contributed by atoms with van der Waals surface area (Å²) in [5, 5.41) is 3.36. The van der Waals surface area contributed by atoms with Crippen LogP contribution in [0.5, 0.6) is 0 Å². The maximum absolute atomic E-state index is 12.0. The molecule has 0 bridgehead atoms. The van der Waals surface area contributed by atoms with Crippen LogP contribution >= 0.6 is 0 Å². The predicted octanol–water partition coefficient (Wildman–Crippen LogP) is 2.64. The number of hydrogen-bond donors (Lipinski definition) is 2. The number of piperidine rings is 1. The summed E-state index contributed by atoms with van der Waals surface area (Å²) in [5.41, 5.74) is 6.69. The Hall–Kier alpha value is -1.39. The van der Waals surface area contributed by atoms with E-state index in [-0.39, 0.29) is 5.91 Å². The Labute approximate surface area is 145 Å². The highest BCUT2D eigenvalue weighted by molar-refractivity contribution is 5.84. The smallest absolute Gasteiger partial charge is 0.237 e. The molecule has 132 valence electrons. The normalized spacial score (nSPS) is 27.7. The molecule has 24 heavy (non-hydrogen) atoms. The zero-order chi connectivity index (χ0) is 17.0. The number of nitrogens with two attached hydrogens (primary N) is 1. The van der Waals surface area contributed by atoms with E-state index in [0.717, 1.165) is 32.5 Å². The Kier molecular flexibility index (Phi) is 5.57. The molecule has 1 aliphatic carbocycles. The van der Waals surface area contributed by atoms with Gasteiger partial charge in [-0.25, -0.2) is 0 Å². The van der Waals surface area contributed by atoms with E-state index >= 15 is 0 Å². The van der Waals surface area contributed by atoms with Gasteiger partial charge in [-0.3, -0.25) is 9.69 Å². The number of nitrogens with zero attached hydrogens (tertiary/aromatic N) is 1. The fraction of sp³-hybridized carbons (Fsp3) is 0.650. The van der Waals surface area contributed by atoms with Crippen LogP contribution in [-0.2, 0) is 4.79 Å². The Bertz CT molecular complexity index is 537. The maximum atomic E-state index is 12.0. The lowest BCUT2D eigenvalue weighted by molar-refractivity contribution is -0.126. The number of likely N-dealkylation sites (N-methyl/N-ethyl adjacent to an activating group) is 1. The van der Waals surface area contributed by atoms with Gasteiger partial charge in [0.15, 0.2) is 0 Å². The van der Waals surface area contributed by atoms with Gasteiger partial charge in [0.25, 0.3) is 0 Å². The highest BCUT2D eigenvalue weighted by Crippen LogP contribution is 2.38. The first-order valence-electron chi connectivity index (χ1n) is 9.50. The van der Waals surface area contributed by atoms with Crippen LogP contribution in [0.1, 0.15) is 56.9 Å².